The van der Waals surface area contributed by atoms with E-state index in [-0.39, 0.29) is 29.3 Å². The van der Waals surface area contributed by atoms with Gasteiger partial charge < -0.3 is 14.4 Å². The highest BCUT2D eigenvalue weighted by Crippen LogP contribution is 2.36. The van der Waals surface area contributed by atoms with Gasteiger partial charge in [0.05, 0.1) is 24.0 Å². The maximum Gasteiger partial charge on any atom is 0.259 e. The third-order valence-electron chi connectivity index (χ3n) is 3.71. The number of β-amino-alcohol motifs (C(OH)–C–C–N with tert-alkyl or cyclic N) is 1. The zero-order valence-corrected chi connectivity index (χ0v) is 12.1. The minimum atomic E-state index is -0.817. The van der Waals surface area contributed by atoms with Crippen LogP contribution in [0, 0.1) is 11.6 Å². The molecule has 1 aromatic carbocycles. The fourth-order valence-corrected chi connectivity index (χ4v) is 2.90. The molecule has 4 nitrogen and oxygen atoms in total. The van der Waals surface area contributed by atoms with Gasteiger partial charge in [0, 0.05) is 12.1 Å². The molecule has 0 unspecified atom stereocenters. The lowest BCUT2D eigenvalue weighted by Crippen LogP contribution is -2.32. The lowest BCUT2D eigenvalue weighted by molar-refractivity contribution is 0.0713. The van der Waals surface area contributed by atoms with Crippen molar-refractivity contribution in [1.82, 2.24) is 4.90 Å². The third kappa shape index (κ3) is 2.60. The van der Waals surface area contributed by atoms with Crippen molar-refractivity contribution in [2.45, 2.75) is 18.6 Å². The van der Waals surface area contributed by atoms with Gasteiger partial charge in [0.25, 0.3) is 5.91 Å². The second kappa shape index (κ2) is 5.70. The Bertz CT molecular complexity index is 719. The van der Waals surface area contributed by atoms with E-state index in [2.05, 4.69) is 0 Å². The monoisotopic (exact) mass is 327 g/mol. The topological polar surface area (TPSA) is 53.7 Å². The van der Waals surface area contributed by atoms with Gasteiger partial charge in [-0.2, -0.15) is 0 Å². The van der Waals surface area contributed by atoms with E-state index >= 15 is 0 Å². The highest BCUT2D eigenvalue weighted by molar-refractivity contribution is 6.32. The highest BCUT2D eigenvalue weighted by atomic mass is 35.5. The molecule has 2 aromatic rings. The predicted molar refractivity (Wildman–Crippen MR) is 74.5 cm³/mol. The maximum absolute atomic E-state index is 14.0. The van der Waals surface area contributed by atoms with Crippen LogP contribution in [0.4, 0.5) is 8.78 Å². The molecule has 1 aromatic heterocycles. The Morgan fingerprint density at radius 1 is 1.36 bits per heavy atom. The normalized spacial score (nSPS) is 21.4. The number of rotatable bonds is 2. The molecule has 3 rings (SSSR count). The SMILES string of the molecule is O=C(c1ccoc1Cl)N1C[C@H](O)C[C@@H]1c1cc(F)ccc1F. The number of carbonyl (C=O) groups is 1. The van der Waals surface area contributed by atoms with Crippen LogP contribution < -0.4 is 0 Å². The van der Waals surface area contributed by atoms with Gasteiger partial charge in [-0.05, 0) is 42.3 Å². The fourth-order valence-electron chi connectivity index (χ4n) is 2.70. The first kappa shape index (κ1) is 15.0. The van der Waals surface area contributed by atoms with E-state index in [1.165, 1.54) is 17.2 Å². The average molecular weight is 328 g/mol. The van der Waals surface area contributed by atoms with Crippen LogP contribution in [-0.2, 0) is 0 Å². The maximum atomic E-state index is 14.0. The van der Waals surface area contributed by atoms with E-state index in [9.17, 15) is 18.7 Å². The van der Waals surface area contributed by atoms with Crippen molar-refractivity contribution in [2.75, 3.05) is 6.54 Å². The summed E-state index contributed by atoms with van der Waals surface area (Å²) in [6, 6.07) is 3.68. The number of likely N-dealkylation sites (tertiary alicyclic amines) is 1. The number of hydrogen-bond donors (Lipinski definition) is 1. The number of hydrogen-bond acceptors (Lipinski definition) is 3. The second-order valence-corrected chi connectivity index (χ2v) is 5.48. The number of halogens is 3. The van der Waals surface area contributed by atoms with Gasteiger partial charge in [-0.25, -0.2) is 8.78 Å². The number of amides is 1. The number of aliphatic hydroxyl groups excluding tert-OH is 1. The van der Waals surface area contributed by atoms with Gasteiger partial charge in [0.2, 0.25) is 5.22 Å². The van der Waals surface area contributed by atoms with Gasteiger partial charge in [0.1, 0.15) is 11.6 Å². The average Bonchev–Trinajstić information content (AvgIpc) is 3.07. The molecule has 1 aliphatic heterocycles. The summed E-state index contributed by atoms with van der Waals surface area (Å²) in [5.41, 5.74) is 0.155. The van der Waals surface area contributed by atoms with Crippen LogP contribution in [0.2, 0.25) is 5.22 Å². The minimum absolute atomic E-state index is 0.0148. The summed E-state index contributed by atoms with van der Waals surface area (Å²) in [6.45, 7) is 0.0148. The standard InChI is InChI=1S/C15H12ClF2NO3/c16-14-10(3-4-22-14)15(21)19-7-9(20)6-13(19)11-5-8(17)1-2-12(11)18/h1-5,9,13,20H,6-7H2/t9-,13-/m1/s1. The van der Waals surface area contributed by atoms with E-state index in [1.807, 2.05) is 0 Å². The van der Waals surface area contributed by atoms with E-state index in [1.54, 1.807) is 0 Å². The van der Waals surface area contributed by atoms with Crippen molar-refractivity contribution in [3.8, 4) is 0 Å². The summed E-state index contributed by atoms with van der Waals surface area (Å²) < 4.78 is 32.2. The van der Waals surface area contributed by atoms with Crippen LogP contribution in [0.25, 0.3) is 0 Å². The largest absolute Gasteiger partial charge is 0.452 e. The van der Waals surface area contributed by atoms with Gasteiger partial charge in [0.15, 0.2) is 0 Å². The van der Waals surface area contributed by atoms with Gasteiger partial charge in [-0.1, -0.05) is 0 Å². The van der Waals surface area contributed by atoms with Crippen LogP contribution in [0.1, 0.15) is 28.4 Å². The Kier molecular flexibility index (Phi) is 3.88. The van der Waals surface area contributed by atoms with E-state index < -0.39 is 29.7 Å². The molecule has 22 heavy (non-hydrogen) atoms. The number of furan rings is 1. The lowest BCUT2D eigenvalue weighted by Gasteiger charge is -2.24. The lowest BCUT2D eigenvalue weighted by atomic mass is 10.0. The third-order valence-corrected chi connectivity index (χ3v) is 4.00. The quantitative estimate of drug-likeness (QED) is 0.922. The van der Waals surface area contributed by atoms with Crippen molar-refractivity contribution in [3.63, 3.8) is 0 Å². The summed E-state index contributed by atoms with van der Waals surface area (Å²) in [7, 11) is 0. The fraction of sp³-hybridized carbons (Fsp3) is 0.267. The molecular weight excluding hydrogens is 316 g/mol. The molecule has 7 heteroatoms. The van der Waals surface area contributed by atoms with Crippen molar-refractivity contribution in [3.05, 3.63) is 58.5 Å². The Morgan fingerprint density at radius 3 is 2.82 bits per heavy atom. The summed E-state index contributed by atoms with van der Waals surface area (Å²) in [4.78, 5) is 13.8. The summed E-state index contributed by atoms with van der Waals surface area (Å²) >= 11 is 5.79. The van der Waals surface area contributed by atoms with Crippen LogP contribution in [0.15, 0.2) is 34.9 Å². The number of nitrogens with zero attached hydrogens (tertiary/aromatic N) is 1. The van der Waals surface area contributed by atoms with Gasteiger partial charge in [-0.3, -0.25) is 4.79 Å². The highest BCUT2D eigenvalue weighted by Gasteiger charge is 2.38. The molecular formula is C15H12ClF2NO3. The zero-order valence-electron chi connectivity index (χ0n) is 11.3. The number of carbonyl (C=O) groups excluding carboxylic acids is 1. The molecule has 1 saturated heterocycles. The Hall–Kier alpha value is -1.92. The Labute approximate surface area is 129 Å². The first-order chi connectivity index (χ1) is 10.5. The van der Waals surface area contributed by atoms with Crippen LogP contribution in [0.3, 0.4) is 0 Å². The molecule has 0 aliphatic carbocycles. The molecule has 1 aliphatic rings. The molecule has 2 atom stereocenters. The summed E-state index contributed by atoms with van der Waals surface area (Å²) in [6.07, 6.45) is 0.573. The van der Waals surface area contributed by atoms with Crippen LogP contribution >= 0.6 is 11.6 Å². The molecule has 116 valence electrons. The molecule has 0 bridgehead atoms. The first-order valence-corrected chi connectivity index (χ1v) is 7.02. The first-order valence-electron chi connectivity index (χ1n) is 6.64. The predicted octanol–water partition coefficient (Wildman–Crippen LogP) is 3.16. The number of aliphatic hydroxyl groups is 1. The van der Waals surface area contributed by atoms with Crippen LogP contribution in [-0.4, -0.2) is 28.6 Å². The minimum Gasteiger partial charge on any atom is -0.452 e. The van der Waals surface area contributed by atoms with Crippen molar-refractivity contribution >= 4 is 17.5 Å². The molecule has 1 fully saturated rings. The molecule has 2 heterocycles. The second-order valence-electron chi connectivity index (χ2n) is 5.14. The molecule has 1 amide bonds. The van der Waals surface area contributed by atoms with Crippen molar-refractivity contribution in [1.29, 1.82) is 0 Å². The van der Waals surface area contributed by atoms with E-state index in [4.69, 9.17) is 16.0 Å². The summed E-state index contributed by atoms with van der Waals surface area (Å²) in [5, 5.41) is 9.76. The Morgan fingerprint density at radius 2 is 2.14 bits per heavy atom. The van der Waals surface area contributed by atoms with Gasteiger partial charge >= 0.3 is 0 Å². The summed E-state index contributed by atoms with van der Waals surface area (Å²) in [5.74, 6) is -1.73. The van der Waals surface area contributed by atoms with E-state index in [0.29, 0.717) is 0 Å². The van der Waals surface area contributed by atoms with Crippen molar-refractivity contribution < 1.29 is 23.1 Å². The van der Waals surface area contributed by atoms with E-state index in [0.717, 1.165) is 18.2 Å². The van der Waals surface area contributed by atoms with Crippen molar-refractivity contribution in [2.24, 2.45) is 0 Å². The Balaban J connectivity index is 1.98. The van der Waals surface area contributed by atoms with Gasteiger partial charge in [-0.15, -0.1) is 0 Å². The zero-order chi connectivity index (χ0) is 15.9. The number of benzene rings is 1. The smallest absolute Gasteiger partial charge is 0.259 e. The molecule has 1 N–H and O–H groups in total. The van der Waals surface area contributed by atoms with Crippen LogP contribution in [0.5, 0.6) is 0 Å². The molecule has 0 saturated carbocycles. The molecule has 0 spiro atoms. The molecule has 0 radical (unpaired) electrons.